The second-order valence-corrected chi connectivity index (χ2v) is 5.11. The minimum atomic E-state index is -0.843. The molecule has 0 spiro atoms. The average molecular weight is 216 g/mol. The van der Waals surface area contributed by atoms with E-state index in [0.717, 1.165) is 0 Å². The molecule has 0 aliphatic carbocycles. The Morgan fingerprint density at radius 1 is 1.20 bits per heavy atom. The maximum atomic E-state index is 11.5. The normalized spacial score (nSPS) is 12.1. The molecule has 0 heterocycles. The van der Waals surface area contributed by atoms with Gasteiger partial charge in [0.15, 0.2) is 0 Å². The first-order valence-electron chi connectivity index (χ1n) is 4.81. The number of hydrogen-bond acceptors (Lipinski definition) is 3. The summed E-state index contributed by atoms with van der Waals surface area (Å²) in [4.78, 5) is 22.1. The molecule has 0 aromatic rings. The molecule has 3 N–H and O–H groups in total. The maximum absolute atomic E-state index is 11.5. The van der Waals surface area contributed by atoms with Crippen molar-refractivity contribution < 1.29 is 14.3 Å². The van der Waals surface area contributed by atoms with E-state index in [1.807, 2.05) is 20.8 Å². The third kappa shape index (κ3) is 5.93. The van der Waals surface area contributed by atoms with Crippen molar-refractivity contribution in [1.82, 2.24) is 5.32 Å². The maximum Gasteiger partial charge on any atom is 0.405 e. The Labute approximate surface area is 90.4 Å². The monoisotopic (exact) mass is 216 g/mol. The molecule has 15 heavy (non-hydrogen) atoms. The second kappa shape index (κ2) is 4.51. The van der Waals surface area contributed by atoms with Crippen LogP contribution in [0, 0.1) is 5.41 Å². The number of hydrogen-bond donors (Lipinski definition) is 2. The molecule has 0 aliphatic rings. The van der Waals surface area contributed by atoms with Crippen molar-refractivity contribution in [2.24, 2.45) is 11.1 Å². The molecule has 0 saturated heterocycles. The summed E-state index contributed by atoms with van der Waals surface area (Å²) < 4.78 is 4.82. The van der Waals surface area contributed by atoms with Crippen LogP contribution >= 0.6 is 0 Å². The summed E-state index contributed by atoms with van der Waals surface area (Å²) in [5.41, 5.74) is 3.66. The molecular formula is C10H20N2O3. The number of nitrogens with one attached hydrogen (secondary N) is 1. The zero-order valence-electron chi connectivity index (χ0n) is 10.0. The third-order valence-electron chi connectivity index (χ3n) is 1.73. The quantitative estimate of drug-likeness (QED) is 0.739. The summed E-state index contributed by atoms with van der Waals surface area (Å²) in [6, 6.07) is 0. The Balaban J connectivity index is 4.15. The van der Waals surface area contributed by atoms with Crippen molar-refractivity contribution in [3.8, 4) is 0 Å². The van der Waals surface area contributed by atoms with Crippen molar-refractivity contribution in [3.63, 3.8) is 0 Å². The number of carbonyl (C=O) groups is 2. The van der Waals surface area contributed by atoms with Gasteiger partial charge in [0, 0.05) is 5.41 Å². The SMILES string of the molecule is CC(C)(CNC(=O)C(C)(C)C)OC(N)=O. The Bertz CT molecular complexity index is 254. The standard InChI is InChI=1S/C10H20N2O3/c1-9(2,3)7(13)12-6-10(4,5)15-8(11)14/h6H2,1-5H3,(H2,11,14)(H,12,13). The van der Waals surface area contributed by atoms with Crippen LogP contribution in [0.3, 0.4) is 0 Å². The van der Waals surface area contributed by atoms with E-state index in [0.29, 0.717) is 0 Å². The summed E-state index contributed by atoms with van der Waals surface area (Å²) in [7, 11) is 0. The highest BCUT2D eigenvalue weighted by Crippen LogP contribution is 2.14. The van der Waals surface area contributed by atoms with Gasteiger partial charge in [0.1, 0.15) is 5.60 Å². The lowest BCUT2D eigenvalue weighted by atomic mass is 9.95. The van der Waals surface area contributed by atoms with Gasteiger partial charge < -0.3 is 15.8 Å². The molecule has 0 fully saturated rings. The highest BCUT2D eigenvalue weighted by molar-refractivity contribution is 5.81. The van der Waals surface area contributed by atoms with Crippen molar-refractivity contribution in [2.45, 2.75) is 40.2 Å². The van der Waals surface area contributed by atoms with Crippen LogP contribution in [0.4, 0.5) is 4.79 Å². The molecule has 5 heteroatoms. The van der Waals surface area contributed by atoms with E-state index in [2.05, 4.69) is 5.32 Å². The van der Waals surface area contributed by atoms with Crippen LogP contribution in [0.5, 0.6) is 0 Å². The third-order valence-corrected chi connectivity index (χ3v) is 1.73. The molecule has 0 aromatic carbocycles. The minimum absolute atomic E-state index is 0.0938. The molecule has 5 nitrogen and oxygen atoms in total. The van der Waals surface area contributed by atoms with E-state index in [1.165, 1.54) is 0 Å². The Kier molecular flexibility index (Phi) is 4.13. The van der Waals surface area contributed by atoms with Gasteiger partial charge in [0.2, 0.25) is 5.91 Å². The average Bonchev–Trinajstić information content (AvgIpc) is 1.95. The topological polar surface area (TPSA) is 81.4 Å². The Morgan fingerprint density at radius 3 is 2.00 bits per heavy atom. The van der Waals surface area contributed by atoms with Crippen LogP contribution in [-0.4, -0.2) is 24.1 Å². The number of primary amides is 1. The van der Waals surface area contributed by atoms with Crippen molar-refractivity contribution in [3.05, 3.63) is 0 Å². The fourth-order valence-electron chi connectivity index (χ4n) is 0.867. The van der Waals surface area contributed by atoms with Gasteiger partial charge in [0.05, 0.1) is 6.54 Å². The van der Waals surface area contributed by atoms with Gasteiger partial charge in [0.25, 0.3) is 0 Å². The highest BCUT2D eigenvalue weighted by Gasteiger charge is 2.26. The fourth-order valence-corrected chi connectivity index (χ4v) is 0.867. The minimum Gasteiger partial charge on any atom is -0.442 e. The van der Waals surface area contributed by atoms with Crippen LogP contribution < -0.4 is 11.1 Å². The number of carbonyl (C=O) groups excluding carboxylic acids is 2. The molecule has 2 amide bonds. The van der Waals surface area contributed by atoms with Gasteiger partial charge >= 0.3 is 6.09 Å². The van der Waals surface area contributed by atoms with Crippen molar-refractivity contribution in [2.75, 3.05) is 6.54 Å². The van der Waals surface area contributed by atoms with Crippen LogP contribution in [0.25, 0.3) is 0 Å². The number of rotatable bonds is 3. The highest BCUT2D eigenvalue weighted by atomic mass is 16.6. The summed E-state index contributed by atoms with van der Waals surface area (Å²) in [6.07, 6.45) is -0.843. The fraction of sp³-hybridized carbons (Fsp3) is 0.800. The smallest absolute Gasteiger partial charge is 0.405 e. The molecule has 88 valence electrons. The molecule has 0 radical (unpaired) electrons. The summed E-state index contributed by atoms with van der Waals surface area (Å²) in [5.74, 6) is -0.0938. The van der Waals surface area contributed by atoms with Gasteiger partial charge in [-0.15, -0.1) is 0 Å². The van der Waals surface area contributed by atoms with Gasteiger partial charge in [-0.3, -0.25) is 4.79 Å². The van der Waals surface area contributed by atoms with Crippen LogP contribution in [0.15, 0.2) is 0 Å². The summed E-state index contributed by atoms with van der Waals surface area (Å²) in [5, 5.41) is 2.70. The summed E-state index contributed by atoms with van der Waals surface area (Å²) >= 11 is 0. The molecular weight excluding hydrogens is 196 g/mol. The van der Waals surface area contributed by atoms with E-state index in [-0.39, 0.29) is 12.5 Å². The number of amides is 2. The molecule has 0 saturated carbocycles. The lowest BCUT2D eigenvalue weighted by Gasteiger charge is -2.26. The van der Waals surface area contributed by atoms with E-state index in [9.17, 15) is 9.59 Å². The predicted octanol–water partition coefficient (Wildman–Crippen LogP) is 1.02. The molecule has 0 aliphatic heterocycles. The predicted molar refractivity (Wildman–Crippen MR) is 57.2 cm³/mol. The number of nitrogens with two attached hydrogens (primary N) is 1. The van der Waals surface area contributed by atoms with E-state index < -0.39 is 17.1 Å². The first-order valence-corrected chi connectivity index (χ1v) is 4.81. The Hall–Kier alpha value is -1.26. The second-order valence-electron chi connectivity index (χ2n) is 5.11. The van der Waals surface area contributed by atoms with Gasteiger partial charge in [-0.1, -0.05) is 20.8 Å². The zero-order chi connectivity index (χ0) is 12.3. The van der Waals surface area contributed by atoms with Crippen LogP contribution in [0.1, 0.15) is 34.6 Å². The van der Waals surface area contributed by atoms with Crippen LogP contribution in [0.2, 0.25) is 0 Å². The van der Waals surface area contributed by atoms with Gasteiger partial charge in [-0.25, -0.2) is 4.79 Å². The first-order chi connectivity index (χ1) is 6.54. The largest absolute Gasteiger partial charge is 0.442 e. The molecule has 0 atom stereocenters. The lowest BCUT2D eigenvalue weighted by molar-refractivity contribution is -0.129. The molecule has 0 bridgehead atoms. The molecule has 0 aromatic heterocycles. The van der Waals surface area contributed by atoms with Crippen LogP contribution in [-0.2, 0) is 9.53 Å². The van der Waals surface area contributed by atoms with E-state index in [4.69, 9.17) is 10.5 Å². The Morgan fingerprint density at radius 2 is 1.67 bits per heavy atom. The first kappa shape index (κ1) is 13.7. The van der Waals surface area contributed by atoms with Gasteiger partial charge in [-0.05, 0) is 13.8 Å². The zero-order valence-corrected chi connectivity index (χ0v) is 10.0. The summed E-state index contributed by atoms with van der Waals surface area (Å²) in [6.45, 7) is 9.03. The van der Waals surface area contributed by atoms with Crippen molar-refractivity contribution >= 4 is 12.0 Å². The lowest BCUT2D eigenvalue weighted by Crippen LogP contribution is -2.46. The van der Waals surface area contributed by atoms with Gasteiger partial charge in [-0.2, -0.15) is 0 Å². The number of ether oxygens (including phenoxy) is 1. The molecule has 0 rings (SSSR count). The molecule has 0 unspecified atom stereocenters. The van der Waals surface area contributed by atoms with E-state index >= 15 is 0 Å². The van der Waals surface area contributed by atoms with Crippen molar-refractivity contribution in [1.29, 1.82) is 0 Å². The van der Waals surface area contributed by atoms with E-state index in [1.54, 1.807) is 13.8 Å².